The molecule has 0 unspecified atom stereocenters. The molecule has 0 atom stereocenters. The normalized spacial score (nSPS) is 17.4. The molecule has 5 heterocycles. The van der Waals surface area contributed by atoms with Crippen molar-refractivity contribution in [2.75, 3.05) is 65.6 Å². The third-order valence-electron chi connectivity index (χ3n) is 8.84. The Labute approximate surface area is 254 Å². The van der Waals surface area contributed by atoms with Crippen LogP contribution in [-0.4, -0.2) is 95.8 Å². The summed E-state index contributed by atoms with van der Waals surface area (Å²) in [5.74, 6) is 0.139. The van der Waals surface area contributed by atoms with Crippen LogP contribution >= 0.6 is 0 Å². The molecule has 2 saturated heterocycles. The van der Waals surface area contributed by atoms with Crippen LogP contribution in [0.5, 0.6) is 0 Å². The number of carbonyl (C=O) groups excluding carboxylic acids is 1. The lowest BCUT2D eigenvalue weighted by Crippen LogP contribution is -2.44. The molecule has 0 radical (unpaired) electrons. The third kappa shape index (κ3) is 7.41. The highest BCUT2D eigenvalue weighted by molar-refractivity contribution is 6.09. The fourth-order valence-electron chi connectivity index (χ4n) is 6.52. The number of aryl methyl sites for hydroxylation is 2. The summed E-state index contributed by atoms with van der Waals surface area (Å²) in [6.45, 7) is 10.1. The zero-order chi connectivity index (χ0) is 29.3. The third-order valence-corrected chi connectivity index (χ3v) is 8.84. The van der Waals surface area contributed by atoms with Crippen molar-refractivity contribution in [2.24, 2.45) is 0 Å². The zero-order valence-electron chi connectivity index (χ0n) is 25.3. The first-order chi connectivity index (χ1) is 21.3. The second-order valence-electron chi connectivity index (χ2n) is 11.7. The van der Waals surface area contributed by atoms with E-state index in [-0.39, 0.29) is 5.91 Å². The van der Waals surface area contributed by atoms with E-state index in [1.807, 2.05) is 29.4 Å². The summed E-state index contributed by atoms with van der Waals surface area (Å²) in [7, 11) is 0. The Morgan fingerprint density at radius 3 is 2.60 bits per heavy atom. The van der Waals surface area contributed by atoms with Crippen LogP contribution in [0.1, 0.15) is 36.2 Å². The summed E-state index contributed by atoms with van der Waals surface area (Å²) in [6, 6.07) is 14.6. The Balaban J connectivity index is 0.000000277. The van der Waals surface area contributed by atoms with Gasteiger partial charge < -0.3 is 29.7 Å². The number of aromatic nitrogens is 3. The van der Waals surface area contributed by atoms with Crippen LogP contribution in [-0.2, 0) is 35.5 Å². The van der Waals surface area contributed by atoms with Crippen LogP contribution < -0.4 is 10.6 Å². The number of morpholine rings is 1. The van der Waals surface area contributed by atoms with Crippen molar-refractivity contribution in [3.63, 3.8) is 0 Å². The summed E-state index contributed by atoms with van der Waals surface area (Å²) < 4.78 is 7.58. The molecule has 2 N–H and O–H groups in total. The van der Waals surface area contributed by atoms with Gasteiger partial charge in [-0.1, -0.05) is 24.3 Å². The van der Waals surface area contributed by atoms with Crippen molar-refractivity contribution < 1.29 is 9.53 Å². The molecule has 2 aliphatic heterocycles. The van der Waals surface area contributed by atoms with Crippen molar-refractivity contribution in [1.82, 2.24) is 35.0 Å². The summed E-state index contributed by atoms with van der Waals surface area (Å²) in [6.07, 6.45) is 10.0. The first-order valence-electron chi connectivity index (χ1n) is 16.0. The Morgan fingerprint density at radius 2 is 1.74 bits per heavy atom. The maximum absolute atomic E-state index is 13.1. The molecule has 9 heteroatoms. The smallest absolute Gasteiger partial charge is 0.242 e. The Morgan fingerprint density at radius 1 is 0.907 bits per heavy atom. The fraction of sp³-hybridized carbons (Fsp3) is 0.500. The monoisotopic (exact) mass is 583 g/mol. The van der Waals surface area contributed by atoms with Gasteiger partial charge in [-0.05, 0) is 69.0 Å². The second-order valence-corrected chi connectivity index (χ2v) is 11.7. The van der Waals surface area contributed by atoms with Crippen molar-refractivity contribution in [1.29, 1.82) is 0 Å². The van der Waals surface area contributed by atoms with Gasteiger partial charge in [-0.15, -0.1) is 0 Å². The molecular formula is C34H45N7O2. The van der Waals surface area contributed by atoms with Gasteiger partial charge in [0.2, 0.25) is 5.91 Å². The number of nitrogens with one attached hydrogen (secondary N) is 2. The lowest BCUT2D eigenvalue weighted by molar-refractivity contribution is -0.135. The van der Waals surface area contributed by atoms with Crippen molar-refractivity contribution in [3.05, 3.63) is 71.8 Å². The molecule has 3 aromatic heterocycles. The van der Waals surface area contributed by atoms with E-state index in [2.05, 4.69) is 55.4 Å². The predicted molar refractivity (Wildman–Crippen MR) is 171 cm³/mol. The van der Waals surface area contributed by atoms with Gasteiger partial charge in [-0.2, -0.15) is 0 Å². The van der Waals surface area contributed by atoms with Crippen LogP contribution in [0, 0.1) is 0 Å². The number of pyridine rings is 2. The summed E-state index contributed by atoms with van der Waals surface area (Å²) in [4.78, 5) is 26.6. The predicted octanol–water partition coefficient (Wildman–Crippen LogP) is 3.39. The average molecular weight is 584 g/mol. The topological polar surface area (TPSA) is 87.6 Å². The largest absolute Gasteiger partial charge is 0.378 e. The van der Waals surface area contributed by atoms with E-state index in [1.54, 1.807) is 0 Å². The number of para-hydroxylation sites is 1. The van der Waals surface area contributed by atoms with E-state index in [9.17, 15) is 4.79 Å². The highest BCUT2D eigenvalue weighted by Crippen LogP contribution is 2.30. The molecule has 1 aliphatic carbocycles. The molecule has 0 bridgehead atoms. The number of piperazine rings is 1. The number of carbonyl (C=O) groups is 1. The molecule has 3 aliphatic rings. The van der Waals surface area contributed by atoms with Crippen LogP contribution in [0.4, 0.5) is 0 Å². The zero-order valence-corrected chi connectivity index (χ0v) is 25.3. The number of hydrogen-bond acceptors (Lipinski definition) is 7. The van der Waals surface area contributed by atoms with Crippen molar-refractivity contribution in [3.8, 4) is 0 Å². The second kappa shape index (κ2) is 14.9. The first kappa shape index (κ1) is 29.7. The van der Waals surface area contributed by atoms with Crippen LogP contribution in [0.3, 0.4) is 0 Å². The van der Waals surface area contributed by atoms with Gasteiger partial charge in [0, 0.05) is 80.2 Å². The van der Waals surface area contributed by atoms with Crippen LogP contribution in [0.15, 0.2) is 54.9 Å². The molecule has 9 nitrogen and oxygen atoms in total. The number of nitrogens with zero attached hydrogens (tertiary/aromatic N) is 5. The van der Waals surface area contributed by atoms with Gasteiger partial charge in [0.1, 0.15) is 6.54 Å². The molecule has 7 rings (SSSR count). The Bertz CT molecular complexity index is 1470. The van der Waals surface area contributed by atoms with Gasteiger partial charge in [-0.3, -0.25) is 14.8 Å². The van der Waals surface area contributed by atoms with E-state index in [0.29, 0.717) is 39.4 Å². The molecule has 4 aromatic rings. The lowest BCUT2D eigenvalue weighted by atomic mass is 9.96. The molecule has 43 heavy (non-hydrogen) atoms. The van der Waals surface area contributed by atoms with Gasteiger partial charge >= 0.3 is 0 Å². The summed E-state index contributed by atoms with van der Waals surface area (Å²) in [5.41, 5.74) is 5.94. The first-order valence-corrected chi connectivity index (χ1v) is 16.0. The highest BCUT2D eigenvalue weighted by Gasteiger charge is 2.21. The lowest BCUT2D eigenvalue weighted by Gasteiger charge is -2.27. The molecule has 228 valence electrons. The van der Waals surface area contributed by atoms with Gasteiger partial charge in [0.05, 0.1) is 24.4 Å². The number of hydrogen-bond donors (Lipinski definition) is 2. The van der Waals surface area contributed by atoms with E-state index < -0.39 is 0 Å². The Hall–Kier alpha value is -3.37. The van der Waals surface area contributed by atoms with Crippen LogP contribution in [0.2, 0.25) is 0 Å². The number of fused-ring (bicyclic) bond motifs is 4. The maximum atomic E-state index is 13.1. The molecule has 1 aromatic carbocycles. The standard InChI is InChI=1S/C25H34N6O2.C9H11N/c32-24(30-14-16-33-17-15-30)19-31-23-5-2-1-4-20(23)21-6-8-28-22(25(21)31)18-27-7-3-11-29-12-9-26-10-13-29;1-2-6-9-8(4-1)5-3-7-10-9/h1-2,4-6,8,26-27H,3,7,9-19H2;3,5,7H,1-2,4,6H2. The van der Waals surface area contributed by atoms with E-state index >= 15 is 0 Å². The Kier molecular flexibility index (Phi) is 10.3. The summed E-state index contributed by atoms with van der Waals surface area (Å²) >= 11 is 0. The minimum atomic E-state index is 0.139. The van der Waals surface area contributed by atoms with Gasteiger partial charge in [-0.25, -0.2) is 0 Å². The summed E-state index contributed by atoms with van der Waals surface area (Å²) in [5, 5.41) is 9.33. The molecular weight excluding hydrogens is 538 g/mol. The number of amides is 1. The van der Waals surface area contributed by atoms with Crippen molar-refractivity contribution >= 4 is 27.7 Å². The maximum Gasteiger partial charge on any atom is 0.242 e. The van der Waals surface area contributed by atoms with Crippen molar-refractivity contribution in [2.45, 2.75) is 45.2 Å². The number of benzene rings is 1. The van der Waals surface area contributed by atoms with E-state index in [4.69, 9.17) is 9.72 Å². The molecule has 0 saturated carbocycles. The highest BCUT2D eigenvalue weighted by atomic mass is 16.5. The average Bonchev–Trinajstić information content (AvgIpc) is 3.39. The number of rotatable bonds is 8. The molecule has 0 spiro atoms. The van der Waals surface area contributed by atoms with Crippen LogP contribution in [0.25, 0.3) is 21.8 Å². The van der Waals surface area contributed by atoms with Gasteiger partial charge in [0.25, 0.3) is 0 Å². The SMILES string of the molecule is O=C(Cn1c2ccccc2c2ccnc(CNCCCN3CCNCC3)c21)N1CCOCC1.c1cnc2c(c1)CCCC2. The molecule has 1 amide bonds. The minimum Gasteiger partial charge on any atom is -0.378 e. The van der Waals surface area contributed by atoms with Gasteiger partial charge in [0.15, 0.2) is 0 Å². The van der Waals surface area contributed by atoms with E-state index in [1.165, 1.54) is 42.3 Å². The van der Waals surface area contributed by atoms with E-state index in [0.717, 1.165) is 67.8 Å². The quantitative estimate of drug-likeness (QED) is 0.308. The number of ether oxygens (including phenoxy) is 1. The molecule has 2 fully saturated rings. The minimum absolute atomic E-state index is 0.139. The fourth-order valence-corrected chi connectivity index (χ4v) is 6.52.